The van der Waals surface area contributed by atoms with Gasteiger partial charge in [-0.2, -0.15) is 5.10 Å². The zero-order valence-corrected chi connectivity index (χ0v) is 15.2. The molecule has 1 aromatic heterocycles. The molecule has 0 aliphatic rings. The van der Waals surface area contributed by atoms with E-state index in [9.17, 15) is 0 Å². The summed E-state index contributed by atoms with van der Waals surface area (Å²) in [5.74, 6) is 1.11. The van der Waals surface area contributed by atoms with Gasteiger partial charge >= 0.3 is 0 Å². The third kappa shape index (κ3) is 6.77. The van der Waals surface area contributed by atoms with Crippen molar-refractivity contribution in [2.75, 3.05) is 0 Å². The molecule has 1 rings (SSSR count). The van der Waals surface area contributed by atoms with E-state index >= 15 is 0 Å². The summed E-state index contributed by atoms with van der Waals surface area (Å²) in [7, 11) is 0. The summed E-state index contributed by atoms with van der Waals surface area (Å²) in [4.78, 5) is 0. The second-order valence-electron chi connectivity index (χ2n) is 7.03. The van der Waals surface area contributed by atoms with Gasteiger partial charge in [-0.3, -0.25) is 9.67 Å². The molecule has 0 bridgehead atoms. The molecule has 0 aliphatic carbocycles. The number of nitrogens with one attached hydrogen (secondary N) is 1. The fourth-order valence-electron chi connectivity index (χ4n) is 2.78. The van der Waals surface area contributed by atoms with E-state index in [1.54, 1.807) is 0 Å². The van der Waals surface area contributed by atoms with Crippen LogP contribution < -0.4 is 0 Å². The van der Waals surface area contributed by atoms with Gasteiger partial charge < -0.3 is 0 Å². The second kappa shape index (κ2) is 9.39. The molecule has 0 unspecified atom stereocenters. The molecule has 1 N–H and O–H groups in total. The zero-order valence-electron chi connectivity index (χ0n) is 14.4. The smallest absolute Gasteiger partial charge is 0.195 e. The van der Waals surface area contributed by atoms with Crippen molar-refractivity contribution >= 4 is 12.2 Å². The van der Waals surface area contributed by atoms with Gasteiger partial charge in [0.05, 0.1) is 0 Å². The summed E-state index contributed by atoms with van der Waals surface area (Å²) in [6.45, 7) is 8.81. The number of aryl methyl sites for hydroxylation is 1. The number of aromatic amines is 1. The molecular weight excluding hydrogens is 278 g/mol. The van der Waals surface area contributed by atoms with E-state index in [1.165, 1.54) is 57.8 Å². The first-order valence-corrected chi connectivity index (χ1v) is 9.04. The van der Waals surface area contributed by atoms with E-state index in [1.807, 2.05) is 0 Å². The molecule has 0 fully saturated rings. The lowest BCUT2D eigenvalue weighted by Gasteiger charge is -2.22. The highest BCUT2D eigenvalue weighted by Crippen LogP contribution is 2.18. The zero-order chi connectivity index (χ0) is 15.7. The Bertz CT molecular complexity index is 440. The maximum atomic E-state index is 5.34. The van der Waals surface area contributed by atoms with Crippen LogP contribution >= 0.6 is 12.2 Å². The molecule has 0 spiro atoms. The van der Waals surface area contributed by atoms with Crippen molar-refractivity contribution < 1.29 is 0 Å². The number of nitrogens with zero attached hydrogens (tertiary/aromatic N) is 2. The average molecular weight is 312 g/mol. The summed E-state index contributed by atoms with van der Waals surface area (Å²) < 4.78 is 2.90. The Morgan fingerprint density at radius 1 is 0.952 bits per heavy atom. The number of hydrogen-bond acceptors (Lipinski definition) is 2. The van der Waals surface area contributed by atoms with Crippen molar-refractivity contribution in [3.05, 3.63) is 10.6 Å². The van der Waals surface area contributed by atoms with Gasteiger partial charge in [0.25, 0.3) is 0 Å². The Morgan fingerprint density at radius 3 is 2.00 bits per heavy atom. The quantitative estimate of drug-likeness (QED) is 0.439. The molecule has 0 saturated heterocycles. The summed E-state index contributed by atoms with van der Waals surface area (Å²) in [5.41, 5.74) is 0.0126. The van der Waals surface area contributed by atoms with Crippen LogP contribution in [0.5, 0.6) is 0 Å². The second-order valence-corrected chi connectivity index (χ2v) is 7.42. The molecule has 0 aliphatic heterocycles. The van der Waals surface area contributed by atoms with Crippen molar-refractivity contribution in [1.82, 2.24) is 14.8 Å². The van der Waals surface area contributed by atoms with Crippen LogP contribution in [0.15, 0.2) is 0 Å². The first-order valence-electron chi connectivity index (χ1n) is 8.63. The lowest BCUT2D eigenvalue weighted by molar-refractivity contribution is 0.375. The van der Waals surface area contributed by atoms with Crippen molar-refractivity contribution in [2.24, 2.45) is 0 Å². The largest absolute Gasteiger partial charge is 0.299 e. The molecular formula is C17H33N3S. The summed E-state index contributed by atoms with van der Waals surface area (Å²) in [6, 6.07) is 0. The summed E-state index contributed by atoms with van der Waals surface area (Å²) >= 11 is 5.34. The molecule has 0 saturated carbocycles. The van der Waals surface area contributed by atoms with Crippen molar-refractivity contribution in [3.63, 3.8) is 0 Å². The third-order valence-corrected chi connectivity index (χ3v) is 4.19. The fraction of sp³-hybridized carbons (Fsp3) is 0.882. The number of H-pyrrole nitrogens is 1. The molecule has 0 atom stereocenters. The molecule has 0 amide bonds. The van der Waals surface area contributed by atoms with E-state index in [4.69, 9.17) is 12.2 Å². The monoisotopic (exact) mass is 311 g/mol. The van der Waals surface area contributed by atoms with Crippen LogP contribution in [0.2, 0.25) is 0 Å². The number of aromatic nitrogens is 3. The van der Waals surface area contributed by atoms with E-state index in [0.29, 0.717) is 0 Å². The normalized spacial score (nSPS) is 12.0. The van der Waals surface area contributed by atoms with Gasteiger partial charge in [-0.1, -0.05) is 58.3 Å². The molecule has 3 nitrogen and oxygen atoms in total. The standard InChI is InChI=1S/C17H33N3S/c1-5-6-7-8-9-10-11-12-13-14-15-18-19-16(21)20(15)17(2,3)4/h5-14H2,1-4H3,(H,19,21). The van der Waals surface area contributed by atoms with E-state index in [2.05, 4.69) is 42.5 Å². The van der Waals surface area contributed by atoms with Crippen molar-refractivity contribution in [2.45, 2.75) is 97.4 Å². The molecule has 0 radical (unpaired) electrons. The maximum Gasteiger partial charge on any atom is 0.195 e. The van der Waals surface area contributed by atoms with Gasteiger partial charge in [0.1, 0.15) is 5.82 Å². The minimum atomic E-state index is 0.0126. The average Bonchev–Trinajstić information content (AvgIpc) is 2.78. The Balaban J connectivity index is 2.21. The summed E-state index contributed by atoms with van der Waals surface area (Å²) in [6.07, 6.45) is 13.2. The Morgan fingerprint density at radius 2 is 1.48 bits per heavy atom. The minimum Gasteiger partial charge on any atom is -0.299 e. The molecule has 1 heterocycles. The molecule has 21 heavy (non-hydrogen) atoms. The topological polar surface area (TPSA) is 33.6 Å². The van der Waals surface area contributed by atoms with Crippen LogP contribution in [0.25, 0.3) is 0 Å². The van der Waals surface area contributed by atoms with Crippen LogP contribution in [0.1, 0.15) is 91.3 Å². The minimum absolute atomic E-state index is 0.0126. The predicted molar refractivity (Wildman–Crippen MR) is 93.3 cm³/mol. The van der Waals surface area contributed by atoms with E-state index in [0.717, 1.165) is 17.0 Å². The first-order chi connectivity index (χ1) is 9.96. The number of rotatable bonds is 10. The van der Waals surface area contributed by atoms with Crippen LogP contribution in [0, 0.1) is 4.77 Å². The first kappa shape index (κ1) is 18.4. The van der Waals surface area contributed by atoms with Crippen LogP contribution in [-0.2, 0) is 12.0 Å². The van der Waals surface area contributed by atoms with Gasteiger partial charge in [0, 0.05) is 12.0 Å². The maximum absolute atomic E-state index is 5.34. The van der Waals surface area contributed by atoms with Gasteiger partial charge in [-0.05, 0) is 39.4 Å². The SMILES string of the molecule is CCCCCCCCCCCc1n[nH]c(=S)n1C(C)(C)C. The molecule has 122 valence electrons. The Hall–Kier alpha value is -0.640. The number of hydrogen-bond donors (Lipinski definition) is 1. The lowest BCUT2D eigenvalue weighted by Crippen LogP contribution is -2.24. The highest BCUT2D eigenvalue weighted by Gasteiger charge is 2.18. The van der Waals surface area contributed by atoms with Crippen molar-refractivity contribution in [3.8, 4) is 0 Å². The number of unbranched alkanes of at least 4 members (excludes halogenated alkanes) is 8. The van der Waals surface area contributed by atoms with E-state index in [-0.39, 0.29) is 5.54 Å². The van der Waals surface area contributed by atoms with Gasteiger partial charge in [-0.15, -0.1) is 0 Å². The Labute approximate surface area is 135 Å². The predicted octanol–water partition coefficient (Wildman–Crippen LogP) is 5.77. The van der Waals surface area contributed by atoms with Crippen LogP contribution in [0.3, 0.4) is 0 Å². The van der Waals surface area contributed by atoms with Crippen LogP contribution in [-0.4, -0.2) is 14.8 Å². The Kier molecular flexibility index (Phi) is 8.23. The van der Waals surface area contributed by atoms with Gasteiger partial charge in [0.15, 0.2) is 4.77 Å². The summed E-state index contributed by atoms with van der Waals surface area (Å²) in [5, 5.41) is 7.34. The van der Waals surface area contributed by atoms with Crippen molar-refractivity contribution in [1.29, 1.82) is 0 Å². The molecule has 1 aromatic rings. The molecule has 4 heteroatoms. The highest BCUT2D eigenvalue weighted by atomic mass is 32.1. The molecule has 0 aromatic carbocycles. The highest BCUT2D eigenvalue weighted by molar-refractivity contribution is 7.71. The fourth-order valence-corrected chi connectivity index (χ4v) is 3.21. The van der Waals surface area contributed by atoms with Crippen LogP contribution in [0.4, 0.5) is 0 Å². The van der Waals surface area contributed by atoms with Gasteiger partial charge in [0.2, 0.25) is 0 Å². The lowest BCUT2D eigenvalue weighted by atomic mass is 10.1. The third-order valence-electron chi connectivity index (χ3n) is 3.92. The van der Waals surface area contributed by atoms with E-state index < -0.39 is 0 Å². The van der Waals surface area contributed by atoms with Gasteiger partial charge in [-0.25, -0.2) is 0 Å².